The SMILES string of the molecule is c1ccc(-c2cc(-c3cccc4c3oc3ccc5c6ccccc6oc5c34)ccn2)cc1. The molecule has 0 N–H and O–H groups in total. The van der Waals surface area contributed by atoms with Gasteiger partial charge in [0, 0.05) is 33.5 Å². The molecule has 4 aromatic carbocycles. The van der Waals surface area contributed by atoms with Crippen molar-refractivity contribution in [1.29, 1.82) is 0 Å². The minimum atomic E-state index is 0.830. The van der Waals surface area contributed by atoms with E-state index in [9.17, 15) is 0 Å². The van der Waals surface area contributed by atoms with E-state index >= 15 is 0 Å². The fraction of sp³-hybridized carbons (Fsp3) is 0. The van der Waals surface area contributed by atoms with E-state index in [0.717, 1.165) is 66.3 Å². The summed E-state index contributed by atoms with van der Waals surface area (Å²) in [5.41, 5.74) is 7.61. The molecule has 32 heavy (non-hydrogen) atoms. The highest BCUT2D eigenvalue weighted by Gasteiger charge is 2.18. The Morgan fingerprint density at radius 1 is 0.531 bits per heavy atom. The first-order chi connectivity index (χ1) is 15.9. The van der Waals surface area contributed by atoms with E-state index in [4.69, 9.17) is 8.83 Å². The molecule has 3 heterocycles. The van der Waals surface area contributed by atoms with Crippen LogP contribution < -0.4 is 0 Å². The predicted molar refractivity (Wildman–Crippen MR) is 130 cm³/mol. The maximum atomic E-state index is 6.41. The molecule has 0 amide bonds. The summed E-state index contributed by atoms with van der Waals surface area (Å²) in [7, 11) is 0. The van der Waals surface area contributed by atoms with Crippen LogP contribution in [0.15, 0.2) is 112 Å². The van der Waals surface area contributed by atoms with E-state index in [1.807, 2.05) is 54.7 Å². The molecule has 3 heteroatoms. The lowest BCUT2D eigenvalue weighted by atomic mass is 10.0. The number of fused-ring (bicyclic) bond motifs is 7. The summed E-state index contributed by atoms with van der Waals surface area (Å²) < 4.78 is 12.7. The third-order valence-electron chi connectivity index (χ3n) is 6.15. The van der Waals surface area contributed by atoms with Gasteiger partial charge in [0.2, 0.25) is 0 Å². The third-order valence-corrected chi connectivity index (χ3v) is 6.15. The number of aromatic nitrogens is 1. The van der Waals surface area contributed by atoms with Crippen LogP contribution in [0.2, 0.25) is 0 Å². The van der Waals surface area contributed by atoms with Gasteiger partial charge in [-0.2, -0.15) is 0 Å². The number of hydrogen-bond donors (Lipinski definition) is 0. The van der Waals surface area contributed by atoms with Crippen molar-refractivity contribution in [2.75, 3.05) is 0 Å². The summed E-state index contributed by atoms with van der Waals surface area (Å²) in [6.07, 6.45) is 1.86. The Morgan fingerprint density at radius 3 is 2.28 bits per heavy atom. The number of furan rings is 2. The third kappa shape index (κ3) is 2.45. The molecule has 0 saturated carbocycles. The summed E-state index contributed by atoms with van der Waals surface area (Å²) in [6, 6.07) is 33.0. The van der Waals surface area contributed by atoms with Gasteiger partial charge in [0.25, 0.3) is 0 Å². The number of pyridine rings is 1. The van der Waals surface area contributed by atoms with Crippen LogP contribution >= 0.6 is 0 Å². The first kappa shape index (κ1) is 17.3. The quantitative estimate of drug-likeness (QED) is 0.288. The molecule has 0 aliphatic rings. The van der Waals surface area contributed by atoms with Gasteiger partial charge < -0.3 is 8.83 Å². The molecule has 0 atom stereocenters. The van der Waals surface area contributed by atoms with Gasteiger partial charge in [0.05, 0.1) is 11.1 Å². The zero-order valence-electron chi connectivity index (χ0n) is 17.1. The average Bonchev–Trinajstić information content (AvgIpc) is 3.43. The number of para-hydroxylation sites is 2. The van der Waals surface area contributed by atoms with Crippen LogP contribution in [-0.2, 0) is 0 Å². The Bertz CT molecular complexity index is 1770. The van der Waals surface area contributed by atoms with Crippen LogP contribution in [0.25, 0.3) is 66.3 Å². The highest BCUT2D eigenvalue weighted by molar-refractivity contribution is 6.23. The average molecular weight is 411 g/mol. The minimum absolute atomic E-state index is 0.830. The van der Waals surface area contributed by atoms with Gasteiger partial charge in [0.15, 0.2) is 0 Å². The zero-order chi connectivity index (χ0) is 21.1. The van der Waals surface area contributed by atoms with Gasteiger partial charge in [-0.3, -0.25) is 4.98 Å². The van der Waals surface area contributed by atoms with Crippen molar-refractivity contribution in [2.24, 2.45) is 0 Å². The van der Waals surface area contributed by atoms with Gasteiger partial charge in [-0.05, 0) is 35.9 Å². The highest BCUT2D eigenvalue weighted by atomic mass is 16.3. The van der Waals surface area contributed by atoms with Crippen molar-refractivity contribution in [2.45, 2.75) is 0 Å². The number of rotatable bonds is 2. The molecule has 150 valence electrons. The maximum absolute atomic E-state index is 6.41. The lowest BCUT2D eigenvalue weighted by molar-refractivity contribution is 0.663. The molecule has 3 nitrogen and oxygen atoms in total. The summed E-state index contributed by atoms with van der Waals surface area (Å²) in [4.78, 5) is 4.58. The van der Waals surface area contributed by atoms with Gasteiger partial charge >= 0.3 is 0 Å². The normalized spacial score (nSPS) is 11.8. The smallest absolute Gasteiger partial charge is 0.147 e. The fourth-order valence-electron chi connectivity index (χ4n) is 4.66. The monoisotopic (exact) mass is 411 g/mol. The van der Waals surface area contributed by atoms with Crippen LogP contribution in [0.1, 0.15) is 0 Å². The Balaban J connectivity index is 1.51. The Kier molecular flexibility index (Phi) is 3.55. The summed E-state index contributed by atoms with van der Waals surface area (Å²) >= 11 is 0. The largest absolute Gasteiger partial charge is 0.455 e. The van der Waals surface area contributed by atoms with Crippen molar-refractivity contribution >= 4 is 43.9 Å². The van der Waals surface area contributed by atoms with Crippen molar-refractivity contribution in [3.63, 3.8) is 0 Å². The van der Waals surface area contributed by atoms with Gasteiger partial charge in [0.1, 0.15) is 22.3 Å². The minimum Gasteiger partial charge on any atom is -0.455 e. The van der Waals surface area contributed by atoms with E-state index in [1.165, 1.54) is 0 Å². The molecular weight excluding hydrogens is 394 g/mol. The van der Waals surface area contributed by atoms with Crippen molar-refractivity contribution in [3.8, 4) is 22.4 Å². The molecule has 7 aromatic rings. The van der Waals surface area contributed by atoms with Crippen molar-refractivity contribution in [3.05, 3.63) is 103 Å². The Hall–Kier alpha value is -4.37. The van der Waals surface area contributed by atoms with Gasteiger partial charge in [-0.15, -0.1) is 0 Å². The van der Waals surface area contributed by atoms with Crippen molar-refractivity contribution < 1.29 is 8.83 Å². The second-order valence-electron chi connectivity index (χ2n) is 7.99. The second-order valence-corrected chi connectivity index (χ2v) is 7.99. The summed E-state index contributed by atoms with van der Waals surface area (Å²) in [6.45, 7) is 0. The summed E-state index contributed by atoms with van der Waals surface area (Å²) in [5.74, 6) is 0. The van der Waals surface area contributed by atoms with E-state index in [-0.39, 0.29) is 0 Å². The first-order valence-corrected chi connectivity index (χ1v) is 10.6. The molecule has 0 spiro atoms. The second kappa shape index (κ2) is 6.56. The molecule has 0 saturated heterocycles. The van der Waals surface area contributed by atoms with E-state index in [2.05, 4.69) is 53.5 Å². The van der Waals surface area contributed by atoms with Crippen LogP contribution in [0.3, 0.4) is 0 Å². The first-order valence-electron chi connectivity index (χ1n) is 10.6. The molecule has 0 aliphatic heterocycles. The number of nitrogens with zero attached hydrogens (tertiary/aromatic N) is 1. The van der Waals surface area contributed by atoms with E-state index < -0.39 is 0 Å². The molecule has 7 rings (SSSR count). The van der Waals surface area contributed by atoms with E-state index in [0.29, 0.717) is 0 Å². The molecule has 0 radical (unpaired) electrons. The Morgan fingerprint density at radius 2 is 1.34 bits per heavy atom. The molecular formula is C29H17NO2. The van der Waals surface area contributed by atoms with Crippen LogP contribution in [0.4, 0.5) is 0 Å². The number of hydrogen-bond acceptors (Lipinski definition) is 3. The lowest BCUT2D eigenvalue weighted by Gasteiger charge is -2.06. The van der Waals surface area contributed by atoms with Gasteiger partial charge in [-0.1, -0.05) is 66.7 Å². The lowest BCUT2D eigenvalue weighted by Crippen LogP contribution is -1.85. The molecule has 3 aromatic heterocycles. The molecule has 0 fully saturated rings. The number of benzene rings is 4. The molecule has 0 bridgehead atoms. The predicted octanol–water partition coefficient (Wildman–Crippen LogP) is 8.21. The van der Waals surface area contributed by atoms with Crippen LogP contribution in [0, 0.1) is 0 Å². The maximum Gasteiger partial charge on any atom is 0.147 e. The standard InChI is InChI=1S/C29H17NO2/c1-2-7-18(8-3-1)24-17-19(15-16-30-24)20-10-6-11-23-27-26(32-28(20)23)14-13-22-21-9-4-5-12-25(21)31-29(22)27/h1-17H. The van der Waals surface area contributed by atoms with Crippen LogP contribution in [0.5, 0.6) is 0 Å². The van der Waals surface area contributed by atoms with E-state index in [1.54, 1.807) is 0 Å². The molecule has 0 unspecified atom stereocenters. The zero-order valence-corrected chi connectivity index (χ0v) is 17.1. The van der Waals surface area contributed by atoms with Gasteiger partial charge in [-0.25, -0.2) is 0 Å². The Labute approximate surface area is 183 Å². The fourth-order valence-corrected chi connectivity index (χ4v) is 4.66. The van der Waals surface area contributed by atoms with Crippen LogP contribution in [-0.4, -0.2) is 4.98 Å². The summed E-state index contributed by atoms with van der Waals surface area (Å²) in [5, 5.41) is 4.31. The topological polar surface area (TPSA) is 39.2 Å². The van der Waals surface area contributed by atoms with Crippen molar-refractivity contribution in [1.82, 2.24) is 4.98 Å². The highest BCUT2D eigenvalue weighted by Crippen LogP contribution is 2.42. The molecule has 0 aliphatic carbocycles.